The van der Waals surface area contributed by atoms with Gasteiger partial charge < -0.3 is 10.8 Å². The summed E-state index contributed by atoms with van der Waals surface area (Å²) in [6, 6.07) is 0.569. The lowest BCUT2D eigenvalue weighted by atomic mass is 10.1. The van der Waals surface area contributed by atoms with Gasteiger partial charge in [0.2, 0.25) is 0 Å². The van der Waals surface area contributed by atoms with E-state index in [0.717, 1.165) is 0 Å². The van der Waals surface area contributed by atoms with Crippen molar-refractivity contribution in [1.29, 1.82) is 0 Å². The summed E-state index contributed by atoms with van der Waals surface area (Å²) in [6.45, 7) is 5.11. The van der Waals surface area contributed by atoms with Crippen LogP contribution in [0, 0.1) is 6.04 Å². The lowest BCUT2D eigenvalue weighted by Gasteiger charge is -2.09. The summed E-state index contributed by atoms with van der Waals surface area (Å²) in [7, 11) is 0. The molecule has 0 aliphatic rings. The maximum absolute atomic E-state index is 8.74. The number of hydrogen-bond donors (Lipinski definition) is 2. The smallest absolute Gasteiger partial charge is 0.0713 e. The number of aliphatic hydroxyl groups is 1. The first-order chi connectivity index (χ1) is 3.68. The zero-order valence-corrected chi connectivity index (χ0v) is 5.09. The van der Waals surface area contributed by atoms with Crippen LogP contribution in [0.15, 0.2) is 12.7 Å². The van der Waals surface area contributed by atoms with Crippen LogP contribution in [0.5, 0.6) is 0 Å². The summed E-state index contributed by atoms with van der Waals surface area (Å²) in [5.41, 5.74) is 5.32. The van der Waals surface area contributed by atoms with E-state index < -0.39 is 6.10 Å². The molecule has 0 aromatic heterocycles. The highest BCUT2D eigenvalue weighted by Crippen LogP contribution is 2.02. The fourth-order valence-electron chi connectivity index (χ4n) is 0.337. The van der Waals surface area contributed by atoms with E-state index in [1.807, 2.05) is 0 Å². The minimum atomic E-state index is -0.506. The molecule has 0 aliphatic heterocycles. The van der Waals surface area contributed by atoms with Crippen molar-refractivity contribution >= 4 is 0 Å². The molecule has 0 aliphatic carbocycles. The quantitative estimate of drug-likeness (QED) is 0.523. The lowest BCUT2D eigenvalue weighted by molar-refractivity contribution is 0.202. The molecule has 1 unspecified atom stereocenters. The zero-order chi connectivity index (χ0) is 6.57. The third-order valence-electron chi connectivity index (χ3n) is 0.917. The normalized spacial score (nSPS) is 14.0. The van der Waals surface area contributed by atoms with Crippen molar-refractivity contribution in [3.8, 4) is 0 Å². The van der Waals surface area contributed by atoms with E-state index >= 15 is 0 Å². The molecule has 0 fully saturated rings. The highest BCUT2D eigenvalue weighted by molar-refractivity contribution is 4.94. The minimum absolute atomic E-state index is 0.506. The third kappa shape index (κ3) is 2.77. The summed E-state index contributed by atoms with van der Waals surface area (Å²) in [6.07, 6.45) is 1.76. The molecule has 8 heavy (non-hydrogen) atoms. The van der Waals surface area contributed by atoms with Gasteiger partial charge in [-0.3, -0.25) is 0 Å². The van der Waals surface area contributed by atoms with Gasteiger partial charge in [0.25, 0.3) is 0 Å². The van der Waals surface area contributed by atoms with Crippen molar-refractivity contribution in [2.45, 2.75) is 19.4 Å². The molecule has 0 spiro atoms. The predicted molar refractivity (Wildman–Crippen MR) is 33.9 cm³/mol. The van der Waals surface area contributed by atoms with Gasteiger partial charge >= 0.3 is 0 Å². The second-order valence-corrected chi connectivity index (χ2v) is 1.74. The molecule has 47 valence electrons. The van der Waals surface area contributed by atoms with Gasteiger partial charge in [-0.25, -0.2) is 0 Å². The molecule has 0 saturated heterocycles. The van der Waals surface area contributed by atoms with E-state index in [1.54, 1.807) is 13.0 Å². The first-order valence-electron chi connectivity index (χ1n) is 2.58. The molecule has 0 aromatic rings. The molecule has 0 heterocycles. The average Bonchev–Trinajstić information content (AvgIpc) is 1.67. The van der Waals surface area contributed by atoms with E-state index in [0.29, 0.717) is 12.5 Å². The molecule has 0 saturated carbocycles. The Bertz CT molecular complexity index is 70.9. The largest absolute Gasteiger partial charge is 0.391 e. The molecule has 3 N–H and O–H groups in total. The molecule has 0 amide bonds. The fraction of sp³-hybridized carbons (Fsp3) is 0.500. The minimum Gasteiger partial charge on any atom is -0.391 e. The number of nitrogens with two attached hydrogens (primary N) is 1. The van der Waals surface area contributed by atoms with Crippen LogP contribution in [0.2, 0.25) is 0 Å². The predicted octanol–water partition coefficient (Wildman–Crippen LogP) is 0.434. The lowest BCUT2D eigenvalue weighted by Crippen LogP contribution is -2.22. The van der Waals surface area contributed by atoms with Crippen LogP contribution >= 0.6 is 0 Å². The van der Waals surface area contributed by atoms with Crippen LogP contribution < -0.4 is 5.73 Å². The summed E-state index contributed by atoms with van der Waals surface area (Å²) in [4.78, 5) is 0. The van der Waals surface area contributed by atoms with Gasteiger partial charge in [-0.2, -0.15) is 0 Å². The van der Waals surface area contributed by atoms with Crippen LogP contribution in [0.25, 0.3) is 0 Å². The molecular formula is C6H12NO. The summed E-state index contributed by atoms with van der Waals surface area (Å²) in [5, 5.41) is 8.74. The Labute approximate surface area is 50.0 Å². The van der Waals surface area contributed by atoms with E-state index in [-0.39, 0.29) is 0 Å². The van der Waals surface area contributed by atoms with Gasteiger partial charge in [0.1, 0.15) is 0 Å². The monoisotopic (exact) mass is 114 g/mol. The van der Waals surface area contributed by atoms with Gasteiger partial charge in [-0.1, -0.05) is 6.08 Å². The Morgan fingerprint density at radius 3 is 2.62 bits per heavy atom. The first-order valence-corrected chi connectivity index (χ1v) is 2.58. The Morgan fingerprint density at radius 1 is 2.00 bits per heavy atom. The maximum Gasteiger partial charge on any atom is 0.0713 e. The topological polar surface area (TPSA) is 46.2 Å². The van der Waals surface area contributed by atoms with E-state index in [1.165, 1.54) is 0 Å². The van der Waals surface area contributed by atoms with Crippen molar-refractivity contribution < 1.29 is 5.11 Å². The van der Waals surface area contributed by atoms with Crippen LogP contribution in [0.3, 0.4) is 0 Å². The van der Waals surface area contributed by atoms with Crippen LogP contribution in [-0.2, 0) is 0 Å². The second-order valence-electron chi connectivity index (χ2n) is 1.74. The Morgan fingerprint density at radius 2 is 2.50 bits per heavy atom. The van der Waals surface area contributed by atoms with Gasteiger partial charge in [0.05, 0.1) is 12.1 Å². The van der Waals surface area contributed by atoms with Gasteiger partial charge in [0.15, 0.2) is 0 Å². The van der Waals surface area contributed by atoms with E-state index in [9.17, 15) is 0 Å². The van der Waals surface area contributed by atoms with E-state index in [4.69, 9.17) is 10.8 Å². The highest BCUT2D eigenvalue weighted by atomic mass is 16.3. The molecule has 2 nitrogen and oxygen atoms in total. The summed E-state index contributed by atoms with van der Waals surface area (Å²) < 4.78 is 0. The molecular weight excluding hydrogens is 102 g/mol. The van der Waals surface area contributed by atoms with Crippen molar-refractivity contribution in [3.63, 3.8) is 0 Å². The summed E-state index contributed by atoms with van der Waals surface area (Å²) >= 11 is 0. The van der Waals surface area contributed by atoms with Gasteiger partial charge in [-0.15, -0.1) is 6.58 Å². The second kappa shape index (κ2) is 3.64. The third-order valence-corrected chi connectivity index (χ3v) is 0.917. The van der Waals surface area contributed by atoms with Crippen LogP contribution in [0.4, 0.5) is 0 Å². The first kappa shape index (κ1) is 7.66. The van der Waals surface area contributed by atoms with Gasteiger partial charge in [-0.05, 0) is 13.3 Å². The Balaban J connectivity index is 3.30. The van der Waals surface area contributed by atoms with Crippen molar-refractivity contribution in [2.75, 3.05) is 0 Å². The fourth-order valence-corrected chi connectivity index (χ4v) is 0.337. The molecule has 1 atom stereocenters. The number of aliphatic hydroxyl groups excluding tert-OH is 1. The van der Waals surface area contributed by atoms with Crippen molar-refractivity contribution in [3.05, 3.63) is 18.7 Å². The maximum atomic E-state index is 8.74. The number of hydrogen-bond acceptors (Lipinski definition) is 2. The molecule has 0 aromatic carbocycles. The summed E-state index contributed by atoms with van der Waals surface area (Å²) in [5.74, 6) is 0. The van der Waals surface area contributed by atoms with Gasteiger partial charge in [0, 0.05) is 0 Å². The molecule has 1 radical (unpaired) electrons. The Kier molecular flexibility index (Phi) is 3.48. The SMILES string of the molecule is C=CC[C](N)C(C)O. The highest BCUT2D eigenvalue weighted by Gasteiger charge is 2.05. The molecule has 0 bridgehead atoms. The Hall–Kier alpha value is -0.340. The molecule has 0 rings (SSSR count). The molecule has 2 heteroatoms. The average molecular weight is 114 g/mol. The zero-order valence-electron chi connectivity index (χ0n) is 5.09. The van der Waals surface area contributed by atoms with Crippen LogP contribution in [-0.4, -0.2) is 11.2 Å². The van der Waals surface area contributed by atoms with E-state index in [2.05, 4.69) is 6.58 Å². The van der Waals surface area contributed by atoms with Crippen LogP contribution in [0.1, 0.15) is 13.3 Å². The standard InChI is InChI=1S/C6H12NO/c1-3-4-6(7)5(2)8/h3,5,8H,1,4,7H2,2H3. The van der Waals surface area contributed by atoms with Crippen molar-refractivity contribution in [2.24, 2.45) is 5.73 Å². The number of rotatable bonds is 3. The van der Waals surface area contributed by atoms with Crippen molar-refractivity contribution in [1.82, 2.24) is 0 Å².